The van der Waals surface area contributed by atoms with Crippen LogP contribution in [-0.2, 0) is 0 Å². The lowest BCUT2D eigenvalue weighted by Gasteiger charge is -2.07. The van der Waals surface area contributed by atoms with Crippen LogP contribution in [0.2, 0.25) is 19.1 Å². The average Bonchev–Trinajstić information content (AvgIpc) is 1.67. The fourth-order valence-corrected chi connectivity index (χ4v) is 2.04. The highest BCUT2D eigenvalue weighted by atomic mass is 28.3. The molecule has 1 nitrogen and oxygen atoms in total. The van der Waals surface area contributed by atoms with Crippen molar-refractivity contribution in [3.8, 4) is 5.69 Å². The molecule has 0 aromatic carbocycles. The molecule has 0 fully saturated rings. The van der Waals surface area contributed by atoms with E-state index in [1.807, 2.05) is 0 Å². The van der Waals surface area contributed by atoms with Crippen LogP contribution in [0.4, 0.5) is 0 Å². The van der Waals surface area contributed by atoms with Gasteiger partial charge in [0.05, 0.1) is 0 Å². The second-order valence-corrected chi connectivity index (χ2v) is 7.24. The Hall–Kier alpha value is -0.293. The zero-order valence-electron chi connectivity index (χ0n) is 5.86. The van der Waals surface area contributed by atoms with Gasteiger partial charge in [-0.2, -0.15) is 0 Å². The fourth-order valence-electron chi connectivity index (χ4n) is 0.681. The highest BCUT2D eigenvalue weighted by Crippen LogP contribution is 2.08. The lowest BCUT2D eigenvalue weighted by atomic mass is 10.6. The molecule has 0 aliphatic rings. The number of hydrogen-bond donors (Lipinski definition) is 0. The second-order valence-electron chi connectivity index (χ2n) is 2.75. The lowest BCUT2D eigenvalue weighted by Crippen LogP contribution is -2.21. The summed E-state index contributed by atoms with van der Waals surface area (Å²) in [6.45, 7) is 6.35. The molecule has 8 heavy (non-hydrogen) atoms. The molecule has 0 saturated heterocycles. The van der Waals surface area contributed by atoms with Crippen molar-refractivity contribution in [1.29, 1.82) is 5.26 Å². The molecule has 46 valence electrons. The van der Waals surface area contributed by atoms with E-state index in [4.69, 9.17) is 5.26 Å². The van der Waals surface area contributed by atoms with E-state index >= 15 is 0 Å². The summed E-state index contributed by atoms with van der Waals surface area (Å²) in [5.41, 5.74) is 2.38. The standard InChI is InChI=1S/C6H13NSi/c1-4-5-8(2,3)6-7/h4-5H2,1-3H3. The van der Waals surface area contributed by atoms with Gasteiger partial charge in [-0.3, -0.25) is 0 Å². The first kappa shape index (κ1) is 7.71. The molecule has 0 spiro atoms. The maximum absolute atomic E-state index is 8.54. The fraction of sp³-hybridized carbons (Fsp3) is 0.833. The Labute approximate surface area is 52.3 Å². The largest absolute Gasteiger partial charge is 0.207 e. The number of hydrogen-bond acceptors (Lipinski definition) is 1. The van der Waals surface area contributed by atoms with E-state index in [2.05, 4.69) is 25.7 Å². The van der Waals surface area contributed by atoms with Crippen LogP contribution in [0.3, 0.4) is 0 Å². The number of nitriles is 1. The van der Waals surface area contributed by atoms with Crippen LogP contribution in [0.1, 0.15) is 13.3 Å². The molecule has 0 bridgehead atoms. The van der Waals surface area contributed by atoms with E-state index in [-0.39, 0.29) is 0 Å². The Balaban J connectivity index is 3.59. The average molecular weight is 127 g/mol. The maximum Gasteiger partial charge on any atom is 0.167 e. The van der Waals surface area contributed by atoms with E-state index in [0.717, 1.165) is 12.5 Å². The summed E-state index contributed by atoms with van der Waals surface area (Å²) in [5, 5.41) is 8.54. The molecule has 0 aliphatic heterocycles. The van der Waals surface area contributed by atoms with Crippen LogP contribution in [0.15, 0.2) is 0 Å². The summed E-state index contributed by atoms with van der Waals surface area (Å²) in [5.74, 6) is 0. The minimum Gasteiger partial charge on any atom is -0.207 e. The highest BCUT2D eigenvalue weighted by Gasteiger charge is 2.17. The van der Waals surface area contributed by atoms with Crippen LogP contribution in [0, 0.1) is 11.0 Å². The molecule has 0 heterocycles. The van der Waals surface area contributed by atoms with Crippen LogP contribution in [0.5, 0.6) is 0 Å². The van der Waals surface area contributed by atoms with Gasteiger partial charge in [-0.25, -0.2) is 5.26 Å². The van der Waals surface area contributed by atoms with Gasteiger partial charge in [-0.05, 0) is 6.04 Å². The molecule has 0 aliphatic carbocycles. The summed E-state index contributed by atoms with van der Waals surface area (Å²) in [6.07, 6.45) is 1.16. The highest BCUT2D eigenvalue weighted by molar-refractivity contribution is 6.84. The maximum atomic E-state index is 8.54. The van der Waals surface area contributed by atoms with Crippen molar-refractivity contribution >= 4 is 8.07 Å². The van der Waals surface area contributed by atoms with Crippen molar-refractivity contribution in [1.82, 2.24) is 0 Å². The molecular weight excluding hydrogens is 114 g/mol. The van der Waals surface area contributed by atoms with E-state index in [1.165, 1.54) is 0 Å². The predicted octanol–water partition coefficient (Wildman–Crippen LogP) is 2.17. The summed E-state index contributed by atoms with van der Waals surface area (Å²) >= 11 is 0. The van der Waals surface area contributed by atoms with Crippen LogP contribution in [0.25, 0.3) is 0 Å². The molecule has 0 aromatic rings. The number of nitrogens with zero attached hydrogens (tertiary/aromatic N) is 1. The summed E-state index contributed by atoms with van der Waals surface area (Å²) < 4.78 is 0. The van der Waals surface area contributed by atoms with Gasteiger partial charge in [-0.1, -0.05) is 26.4 Å². The quantitative estimate of drug-likeness (QED) is 0.521. The third-order valence-corrected chi connectivity index (χ3v) is 3.53. The van der Waals surface area contributed by atoms with Crippen LogP contribution in [-0.4, -0.2) is 8.07 Å². The Morgan fingerprint density at radius 2 is 2.00 bits per heavy atom. The van der Waals surface area contributed by atoms with E-state index in [9.17, 15) is 0 Å². The number of rotatable bonds is 2. The Morgan fingerprint density at radius 1 is 1.50 bits per heavy atom. The Morgan fingerprint density at radius 3 is 2.12 bits per heavy atom. The summed E-state index contributed by atoms with van der Waals surface area (Å²) in [4.78, 5) is 0. The van der Waals surface area contributed by atoms with E-state index in [1.54, 1.807) is 0 Å². The van der Waals surface area contributed by atoms with E-state index in [0.29, 0.717) is 0 Å². The topological polar surface area (TPSA) is 23.8 Å². The molecule has 0 unspecified atom stereocenters. The van der Waals surface area contributed by atoms with Gasteiger partial charge in [0.1, 0.15) is 0 Å². The molecule has 0 rings (SSSR count). The molecule has 2 heteroatoms. The second kappa shape index (κ2) is 2.88. The third kappa shape index (κ3) is 2.81. The first-order valence-corrected chi connectivity index (χ1v) is 6.24. The van der Waals surface area contributed by atoms with Gasteiger partial charge in [0.2, 0.25) is 0 Å². The van der Waals surface area contributed by atoms with Crippen LogP contribution < -0.4 is 0 Å². The smallest absolute Gasteiger partial charge is 0.167 e. The van der Waals surface area contributed by atoms with Gasteiger partial charge in [0.25, 0.3) is 0 Å². The van der Waals surface area contributed by atoms with Crippen molar-refractivity contribution < 1.29 is 0 Å². The van der Waals surface area contributed by atoms with Gasteiger partial charge in [-0.15, -0.1) is 0 Å². The molecule has 0 radical (unpaired) electrons. The van der Waals surface area contributed by atoms with Gasteiger partial charge >= 0.3 is 0 Å². The third-order valence-electron chi connectivity index (χ3n) is 1.18. The van der Waals surface area contributed by atoms with E-state index < -0.39 is 8.07 Å². The zero-order valence-corrected chi connectivity index (χ0v) is 6.86. The first-order valence-electron chi connectivity index (χ1n) is 3.03. The molecule has 0 N–H and O–H groups in total. The minimum atomic E-state index is -1.37. The Kier molecular flexibility index (Phi) is 2.78. The Bertz CT molecular complexity index is 102. The van der Waals surface area contributed by atoms with Gasteiger partial charge in [0.15, 0.2) is 8.07 Å². The monoisotopic (exact) mass is 127 g/mol. The van der Waals surface area contributed by atoms with Gasteiger partial charge < -0.3 is 0 Å². The normalized spacial score (nSPS) is 10.8. The molecule has 0 amide bonds. The van der Waals surface area contributed by atoms with Crippen molar-refractivity contribution in [3.05, 3.63) is 0 Å². The zero-order chi connectivity index (χ0) is 6.62. The van der Waals surface area contributed by atoms with Crippen molar-refractivity contribution in [2.75, 3.05) is 0 Å². The SMILES string of the molecule is CCC[Si](C)(C)C#N. The van der Waals surface area contributed by atoms with Crippen molar-refractivity contribution in [2.24, 2.45) is 0 Å². The predicted molar refractivity (Wildman–Crippen MR) is 38.2 cm³/mol. The summed E-state index contributed by atoms with van der Waals surface area (Å²) in [7, 11) is -1.37. The first-order chi connectivity index (χ1) is 3.62. The molecule has 0 atom stereocenters. The van der Waals surface area contributed by atoms with Crippen molar-refractivity contribution in [3.63, 3.8) is 0 Å². The summed E-state index contributed by atoms with van der Waals surface area (Å²) in [6, 6.07) is 1.14. The van der Waals surface area contributed by atoms with Crippen molar-refractivity contribution in [2.45, 2.75) is 32.5 Å². The molecule has 0 saturated carbocycles. The molecule has 0 aromatic heterocycles. The molecular formula is C6H13NSi. The lowest BCUT2D eigenvalue weighted by molar-refractivity contribution is 1.05. The van der Waals surface area contributed by atoms with Gasteiger partial charge in [0, 0.05) is 5.69 Å². The minimum absolute atomic E-state index is 1.14. The van der Waals surface area contributed by atoms with Crippen LogP contribution >= 0.6 is 0 Å².